The molecule has 1 fully saturated rings. The van der Waals surface area contributed by atoms with E-state index in [2.05, 4.69) is 5.32 Å². The number of carbonyl (C=O) groups excluding carboxylic acids is 2. The molecule has 1 aromatic rings. The molecule has 1 unspecified atom stereocenters. The number of benzene rings is 1. The number of carbonyl (C=O) groups is 2. The van der Waals surface area contributed by atoms with E-state index in [0.29, 0.717) is 18.8 Å². The summed E-state index contributed by atoms with van der Waals surface area (Å²) in [4.78, 5) is 24.9. The number of ether oxygens (including phenoxy) is 1. The number of amides is 2. The van der Waals surface area contributed by atoms with Crippen molar-refractivity contribution < 1.29 is 18.7 Å². The Kier molecular flexibility index (Phi) is 4.71. The second kappa shape index (κ2) is 6.51. The zero-order valence-electron chi connectivity index (χ0n) is 11.3. The van der Waals surface area contributed by atoms with Crippen LogP contribution in [0.4, 0.5) is 15.8 Å². The molecule has 0 saturated carbocycles. The van der Waals surface area contributed by atoms with Crippen molar-refractivity contribution >= 4 is 23.2 Å². The molecule has 114 valence electrons. The van der Waals surface area contributed by atoms with E-state index in [9.17, 15) is 14.0 Å². The molecule has 0 bridgehead atoms. The summed E-state index contributed by atoms with van der Waals surface area (Å²) in [6.45, 7) is 1.00. The van der Waals surface area contributed by atoms with Crippen molar-refractivity contribution in [2.45, 2.75) is 6.04 Å². The van der Waals surface area contributed by atoms with E-state index in [1.165, 1.54) is 12.1 Å². The van der Waals surface area contributed by atoms with Crippen LogP contribution < -0.4 is 16.8 Å². The maximum atomic E-state index is 12.9. The Morgan fingerprint density at radius 1 is 1.48 bits per heavy atom. The molecule has 1 atom stereocenters. The highest BCUT2D eigenvalue weighted by molar-refractivity contribution is 5.95. The average Bonchev–Trinajstić information content (AvgIpc) is 2.42. The number of nitrogens with two attached hydrogens (primary N) is 2. The van der Waals surface area contributed by atoms with Gasteiger partial charge in [0.1, 0.15) is 11.9 Å². The van der Waals surface area contributed by atoms with Crippen molar-refractivity contribution in [2.75, 3.05) is 37.4 Å². The SMILES string of the molecule is NC(=O)C1COCCN1CC(=O)Nc1ccc(F)cc1N. The summed E-state index contributed by atoms with van der Waals surface area (Å²) in [7, 11) is 0. The van der Waals surface area contributed by atoms with Crippen molar-refractivity contribution in [2.24, 2.45) is 5.73 Å². The van der Waals surface area contributed by atoms with Gasteiger partial charge < -0.3 is 21.5 Å². The number of rotatable bonds is 4. The summed E-state index contributed by atoms with van der Waals surface area (Å²) in [6, 6.07) is 3.08. The number of nitrogen functional groups attached to an aromatic ring is 1. The van der Waals surface area contributed by atoms with Crippen LogP contribution in [0.5, 0.6) is 0 Å². The Morgan fingerprint density at radius 2 is 2.24 bits per heavy atom. The van der Waals surface area contributed by atoms with E-state index < -0.39 is 17.8 Å². The lowest BCUT2D eigenvalue weighted by Crippen LogP contribution is -2.54. The number of nitrogens with one attached hydrogen (secondary N) is 1. The number of hydrogen-bond acceptors (Lipinski definition) is 5. The van der Waals surface area contributed by atoms with Crippen LogP contribution in [0.1, 0.15) is 0 Å². The van der Waals surface area contributed by atoms with Crippen LogP contribution >= 0.6 is 0 Å². The average molecular weight is 296 g/mol. The lowest BCUT2D eigenvalue weighted by Gasteiger charge is -2.32. The minimum Gasteiger partial charge on any atom is -0.397 e. The van der Waals surface area contributed by atoms with Crippen LogP contribution in [0.3, 0.4) is 0 Å². The molecular weight excluding hydrogens is 279 g/mol. The first-order chi connectivity index (χ1) is 9.97. The minimum absolute atomic E-state index is 0.0201. The highest BCUT2D eigenvalue weighted by Gasteiger charge is 2.29. The molecule has 1 aromatic carbocycles. The quantitative estimate of drug-likeness (QED) is 0.651. The topological polar surface area (TPSA) is 111 Å². The van der Waals surface area contributed by atoms with Crippen molar-refractivity contribution in [3.8, 4) is 0 Å². The molecule has 2 rings (SSSR count). The van der Waals surface area contributed by atoms with E-state index in [0.717, 1.165) is 6.07 Å². The number of nitrogens with zero attached hydrogens (tertiary/aromatic N) is 1. The maximum absolute atomic E-state index is 12.9. The van der Waals surface area contributed by atoms with Gasteiger partial charge in [-0.25, -0.2) is 4.39 Å². The lowest BCUT2D eigenvalue weighted by atomic mass is 10.2. The fourth-order valence-electron chi connectivity index (χ4n) is 2.11. The van der Waals surface area contributed by atoms with Gasteiger partial charge in [0, 0.05) is 6.54 Å². The fourth-order valence-corrected chi connectivity index (χ4v) is 2.11. The van der Waals surface area contributed by atoms with E-state index in [4.69, 9.17) is 16.2 Å². The van der Waals surface area contributed by atoms with E-state index in [-0.39, 0.29) is 24.7 Å². The highest BCUT2D eigenvalue weighted by Crippen LogP contribution is 2.19. The minimum atomic E-state index is -0.630. The molecule has 0 spiro atoms. The highest BCUT2D eigenvalue weighted by atomic mass is 19.1. The van der Waals surface area contributed by atoms with Gasteiger partial charge in [-0.2, -0.15) is 0 Å². The fraction of sp³-hybridized carbons (Fsp3) is 0.385. The number of halogens is 1. The summed E-state index contributed by atoms with van der Waals surface area (Å²) in [5.74, 6) is -1.38. The van der Waals surface area contributed by atoms with Gasteiger partial charge in [-0.3, -0.25) is 14.5 Å². The van der Waals surface area contributed by atoms with Crippen molar-refractivity contribution in [1.29, 1.82) is 0 Å². The molecule has 1 aliphatic rings. The maximum Gasteiger partial charge on any atom is 0.238 e. The molecule has 7 nitrogen and oxygen atoms in total. The first-order valence-corrected chi connectivity index (χ1v) is 6.43. The molecule has 5 N–H and O–H groups in total. The Labute approximate surface area is 121 Å². The molecule has 0 aliphatic carbocycles. The van der Waals surface area contributed by atoms with Gasteiger partial charge in [-0.15, -0.1) is 0 Å². The van der Waals surface area contributed by atoms with Gasteiger partial charge in [-0.05, 0) is 18.2 Å². The van der Waals surface area contributed by atoms with Gasteiger partial charge in [0.2, 0.25) is 11.8 Å². The van der Waals surface area contributed by atoms with Crippen LogP contribution in [0, 0.1) is 5.82 Å². The predicted octanol–water partition coefficient (Wildman–Crippen LogP) is -0.467. The van der Waals surface area contributed by atoms with Gasteiger partial charge >= 0.3 is 0 Å². The molecular formula is C13H17FN4O3. The van der Waals surface area contributed by atoms with Gasteiger partial charge in [0.05, 0.1) is 31.1 Å². The largest absolute Gasteiger partial charge is 0.397 e. The zero-order valence-corrected chi connectivity index (χ0v) is 11.3. The van der Waals surface area contributed by atoms with Gasteiger partial charge in [0.25, 0.3) is 0 Å². The smallest absolute Gasteiger partial charge is 0.238 e. The Hall–Kier alpha value is -2.19. The summed E-state index contributed by atoms with van der Waals surface area (Å²) in [6.07, 6.45) is 0. The van der Waals surface area contributed by atoms with Gasteiger partial charge in [-0.1, -0.05) is 0 Å². The Bertz CT molecular complexity index is 552. The molecule has 21 heavy (non-hydrogen) atoms. The third-order valence-electron chi connectivity index (χ3n) is 3.20. The Morgan fingerprint density at radius 3 is 2.90 bits per heavy atom. The van der Waals surface area contributed by atoms with E-state index >= 15 is 0 Å². The van der Waals surface area contributed by atoms with Crippen LogP contribution in [0.15, 0.2) is 18.2 Å². The molecule has 1 aliphatic heterocycles. The zero-order chi connectivity index (χ0) is 15.4. The number of morpholine rings is 1. The first-order valence-electron chi connectivity index (χ1n) is 6.43. The second-order valence-corrected chi connectivity index (χ2v) is 4.74. The third-order valence-corrected chi connectivity index (χ3v) is 3.20. The van der Waals surface area contributed by atoms with Crippen molar-refractivity contribution in [3.05, 3.63) is 24.0 Å². The van der Waals surface area contributed by atoms with Crippen molar-refractivity contribution in [1.82, 2.24) is 4.90 Å². The number of primary amides is 1. The molecule has 8 heteroatoms. The van der Waals surface area contributed by atoms with Crippen LogP contribution in [0.25, 0.3) is 0 Å². The normalized spacial score (nSPS) is 19.2. The Balaban J connectivity index is 1.98. The molecule has 0 aromatic heterocycles. The molecule has 0 radical (unpaired) electrons. The van der Waals surface area contributed by atoms with Gasteiger partial charge in [0.15, 0.2) is 0 Å². The second-order valence-electron chi connectivity index (χ2n) is 4.74. The summed E-state index contributed by atoms with van der Waals surface area (Å²) >= 11 is 0. The van der Waals surface area contributed by atoms with Crippen molar-refractivity contribution in [3.63, 3.8) is 0 Å². The van der Waals surface area contributed by atoms with Crippen LogP contribution in [-0.4, -0.2) is 49.1 Å². The van der Waals surface area contributed by atoms with E-state index in [1.54, 1.807) is 4.90 Å². The predicted molar refractivity (Wildman–Crippen MR) is 74.8 cm³/mol. The van der Waals surface area contributed by atoms with E-state index in [1.807, 2.05) is 0 Å². The number of hydrogen-bond donors (Lipinski definition) is 3. The first kappa shape index (κ1) is 15.2. The standard InChI is InChI=1S/C13H17FN4O3/c14-8-1-2-10(9(15)5-8)17-12(19)6-18-3-4-21-7-11(18)13(16)20/h1-2,5,11H,3-4,6-7,15H2,(H2,16,20)(H,17,19). The summed E-state index contributed by atoms with van der Waals surface area (Å²) in [5, 5.41) is 2.58. The molecule has 1 saturated heterocycles. The molecule has 1 heterocycles. The van der Waals surface area contributed by atoms with Crippen LogP contribution in [-0.2, 0) is 14.3 Å². The van der Waals surface area contributed by atoms with Crippen LogP contribution in [0.2, 0.25) is 0 Å². The summed E-state index contributed by atoms with van der Waals surface area (Å²) < 4.78 is 18.1. The number of anilines is 2. The monoisotopic (exact) mass is 296 g/mol. The summed E-state index contributed by atoms with van der Waals surface area (Å²) in [5.41, 5.74) is 11.3. The third kappa shape index (κ3) is 3.89. The molecule has 2 amide bonds. The lowest BCUT2D eigenvalue weighted by molar-refractivity contribution is -0.131.